The molecule has 0 aliphatic carbocycles. The number of nitrogens with one attached hydrogen (secondary N) is 1. The van der Waals surface area contributed by atoms with E-state index in [1.807, 2.05) is 19.0 Å². The second-order valence-electron chi connectivity index (χ2n) is 5.59. The summed E-state index contributed by atoms with van der Waals surface area (Å²) in [6.45, 7) is 1.15. The van der Waals surface area contributed by atoms with Gasteiger partial charge in [0.25, 0.3) is 0 Å². The molecule has 1 heterocycles. The van der Waals surface area contributed by atoms with Gasteiger partial charge in [0.05, 0.1) is 11.9 Å². The van der Waals surface area contributed by atoms with Gasteiger partial charge >= 0.3 is 11.8 Å². The molecule has 1 aromatic carbocycles. The molecule has 128 valence electrons. The van der Waals surface area contributed by atoms with Crippen LogP contribution in [0.5, 0.6) is 0 Å². The van der Waals surface area contributed by atoms with E-state index in [1.165, 1.54) is 9.58 Å². The maximum Gasteiger partial charge on any atom is 0.315 e. The van der Waals surface area contributed by atoms with E-state index in [9.17, 15) is 9.59 Å². The summed E-state index contributed by atoms with van der Waals surface area (Å²) in [4.78, 5) is 27.6. The molecule has 0 atom stereocenters. The van der Waals surface area contributed by atoms with E-state index in [2.05, 4.69) is 10.4 Å². The molecule has 0 aliphatic heterocycles. The third kappa shape index (κ3) is 4.56. The number of carbonyl (C=O) groups excluding carboxylic acids is 2. The zero-order valence-corrected chi connectivity index (χ0v) is 14.6. The Hall–Kier alpha value is -2.38. The van der Waals surface area contributed by atoms with Crippen LogP contribution in [0.2, 0.25) is 5.02 Å². The molecular formula is C16H20ClN5O2. The van der Waals surface area contributed by atoms with Crippen LogP contribution in [-0.4, -0.2) is 65.6 Å². The summed E-state index contributed by atoms with van der Waals surface area (Å²) >= 11 is 5.87. The van der Waals surface area contributed by atoms with Gasteiger partial charge in [0.2, 0.25) is 0 Å². The lowest BCUT2D eigenvalue weighted by Gasteiger charge is -2.19. The van der Waals surface area contributed by atoms with E-state index in [0.29, 0.717) is 23.9 Å². The molecular weight excluding hydrogens is 330 g/mol. The zero-order valence-electron chi connectivity index (χ0n) is 13.9. The Morgan fingerprint density at radius 3 is 2.42 bits per heavy atom. The number of halogens is 1. The SMILES string of the molecule is CN(C)CCN(C)C(=O)C(=O)Nc1ccnn1-c1ccc(Cl)cc1. The van der Waals surface area contributed by atoms with Crippen LogP contribution in [0.25, 0.3) is 5.69 Å². The van der Waals surface area contributed by atoms with Crippen LogP contribution in [0, 0.1) is 0 Å². The zero-order chi connectivity index (χ0) is 17.7. The van der Waals surface area contributed by atoms with Gasteiger partial charge in [-0.3, -0.25) is 9.59 Å². The molecule has 2 rings (SSSR count). The monoisotopic (exact) mass is 349 g/mol. The van der Waals surface area contributed by atoms with E-state index in [0.717, 1.165) is 5.69 Å². The summed E-state index contributed by atoms with van der Waals surface area (Å²) in [6.07, 6.45) is 1.55. The Labute approximate surface area is 145 Å². The van der Waals surface area contributed by atoms with Gasteiger partial charge in [-0.05, 0) is 38.4 Å². The molecule has 0 saturated carbocycles. The fourth-order valence-corrected chi connectivity index (χ4v) is 2.11. The number of nitrogens with zero attached hydrogens (tertiary/aromatic N) is 4. The van der Waals surface area contributed by atoms with Crippen LogP contribution in [0.4, 0.5) is 5.82 Å². The van der Waals surface area contributed by atoms with Crippen LogP contribution >= 0.6 is 11.6 Å². The topological polar surface area (TPSA) is 70.5 Å². The van der Waals surface area contributed by atoms with Crippen LogP contribution in [0.3, 0.4) is 0 Å². The van der Waals surface area contributed by atoms with Gasteiger partial charge in [0.1, 0.15) is 5.82 Å². The molecule has 0 aliphatic rings. The summed E-state index contributed by atoms with van der Waals surface area (Å²) in [7, 11) is 5.41. The molecule has 2 aromatic rings. The minimum atomic E-state index is -0.702. The quantitative estimate of drug-likeness (QED) is 0.830. The van der Waals surface area contributed by atoms with Gasteiger partial charge in [-0.1, -0.05) is 11.6 Å². The second kappa shape index (κ2) is 7.94. The van der Waals surface area contributed by atoms with Crippen molar-refractivity contribution in [3.63, 3.8) is 0 Å². The molecule has 0 radical (unpaired) electrons. The van der Waals surface area contributed by atoms with E-state index in [4.69, 9.17) is 11.6 Å². The number of hydrogen-bond donors (Lipinski definition) is 1. The Kier molecular flexibility index (Phi) is 5.94. The molecule has 7 nitrogen and oxygen atoms in total. The fraction of sp³-hybridized carbons (Fsp3) is 0.312. The maximum absolute atomic E-state index is 12.2. The van der Waals surface area contributed by atoms with E-state index in [1.54, 1.807) is 43.6 Å². The highest BCUT2D eigenvalue weighted by Crippen LogP contribution is 2.17. The molecule has 0 bridgehead atoms. The highest BCUT2D eigenvalue weighted by molar-refractivity contribution is 6.39. The number of anilines is 1. The summed E-state index contributed by atoms with van der Waals surface area (Å²) < 4.78 is 1.53. The van der Waals surface area contributed by atoms with Crippen molar-refractivity contribution in [3.8, 4) is 5.69 Å². The summed E-state index contributed by atoms with van der Waals surface area (Å²) in [5.74, 6) is -0.885. The first kappa shape index (κ1) is 18.0. The summed E-state index contributed by atoms with van der Waals surface area (Å²) in [5, 5.41) is 7.36. The molecule has 2 amide bonds. The van der Waals surface area contributed by atoms with Crippen LogP contribution in [0.15, 0.2) is 36.5 Å². The highest BCUT2D eigenvalue weighted by Gasteiger charge is 2.20. The van der Waals surface area contributed by atoms with E-state index >= 15 is 0 Å². The number of hydrogen-bond acceptors (Lipinski definition) is 4. The van der Waals surface area contributed by atoms with E-state index < -0.39 is 11.8 Å². The average molecular weight is 350 g/mol. The van der Waals surface area contributed by atoms with E-state index in [-0.39, 0.29) is 0 Å². The van der Waals surface area contributed by atoms with Crippen LogP contribution in [-0.2, 0) is 9.59 Å². The standard InChI is InChI=1S/C16H20ClN5O2/c1-20(2)10-11-21(3)16(24)15(23)19-14-8-9-18-22(14)13-6-4-12(17)5-7-13/h4-9H,10-11H2,1-3H3,(H,19,23). The van der Waals surface area contributed by atoms with Crippen molar-refractivity contribution in [3.05, 3.63) is 41.6 Å². The third-order valence-corrected chi connectivity index (χ3v) is 3.63. The first-order valence-electron chi connectivity index (χ1n) is 7.39. The largest absolute Gasteiger partial charge is 0.336 e. The number of rotatable bonds is 5. The Bertz CT molecular complexity index is 712. The first-order chi connectivity index (χ1) is 11.4. The van der Waals surface area contributed by atoms with Gasteiger partial charge in [0, 0.05) is 31.2 Å². The highest BCUT2D eigenvalue weighted by atomic mass is 35.5. The minimum absolute atomic E-state index is 0.414. The van der Waals surface area contributed by atoms with Crippen molar-refractivity contribution in [2.24, 2.45) is 0 Å². The van der Waals surface area contributed by atoms with Crippen molar-refractivity contribution in [1.82, 2.24) is 19.6 Å². The fourth-order valence-electron chi connectivity index (χ4n) is 1.98. The second-order valence-corrected chi connectivity index (χ2v) is 6.03. The molecule has 1 N–H and O–H groups in total. The molecule has 1 aromatic heterocycles. The van der Waals surface area contributed by atoms with Gasteiger partial charge in [-0.25, -0.2) is 4.68 Å². The molecule has 8 heteroatoms. The maximum atomic E-state index is 12.2. The molecule has 0 unspecified atom stereocenters. The van der Waals surface area contributed by atoms with Crippen molar-refractivity contribution in [2.45, 2.75) is 0 Å². The molecule has 0 spiro atoms. The van der Waals surface area contributed by atoms with Gasteiger partial charge < -0.3 is 15.1 Å². The van der Waals surface area contributed by atoms with Crippen LogP contribution < -0.4 is 5.32 Å². The Morgan fingerprint density at radius 1 is 1.12 bits per heavy atom. The minimum Gasteiger partial charge on any atom is -0.336 e. The Balaban J connectivity index is 2.06. The van der Waals surface area contributed by atoms with Crippen LogP contribution in [0.1, 0.15) is 0 Å². The number of carbonyl (C=O) groups is 2. The predicted molar refractivity (Wildman–Crippen MR) is 93.4 cm³/mol. The molecule has 0 fully saturated rings. The van der Waals surface area contributed by atoms with Gasteiger partial charge in [-0.2, -0.15) is 5.10 Å². The summed E-state index contributed by atoms with van der Waals surface area (Å²) in [5.41, 5.74) is 0.730. The number of amides is 2. The third-order valence-electron chi connectivity index (χ3n) is 3.38. The average Bonchev–Trinajstić information content (AvgIpc) is 3.00. The van der Waals surface area contributed by atoms with Crippen molar-refractivity contribution in [1.29, 1.82) is 0 Å². The first-order valence-corrected chi connectivity index (χ1v) is 7.77. The number of benzene rings is 1. The molecule has 0 saturated heterocycles. The number of aromatic nitrogens is 2. The lowest BCUT2D eigenvalue weighted by molar-refractivity contribution is -0.142. The lowest BCUT2D eigenvalue weighted by atomic mass is 10.3. The van der Waals surface area contributed by atoms with Crippen molar-refractivity contribution < 1.29 is 9.59 Å². The Morgan fingerprint density at radius 2 is 1.79 bits per heavy atom. The lowest BCUT2D eigenvalue weighted by Crippen LogP contribution is -2.40. The smallest absolute Gasteiger partial charge is 0.315 e. The summed E-state index contributed by atoms with van der Waals surface area (Å²) in [6, 6.07) is 8.63. The van der Waals surface area contributed by atoms with Crippen molar-refractivity contribution >= 4 is 29.2 Å². The number of likely N-dealkylation sites (N-methyl/N-ethyl adjacent to an activating group) is 2. The normalized spacial score (nSPS) is 10.7. The predicted octanol–water partition coefficient (Wildman–Crippen LogP) is 1.48. The molecule has 24 heavy (non-hydrogen) atoms. The van der Waals surface area contributed by atoms with Crippen molar-refractivity contribution in [2.75, 3.05) is 39.5 Å². The van der Waals surface area contributed by atoms with Gasteiger partial charge in [0.15, 0.2) is 0 Å². The van der Waals surface area contributed by atoms with Gasteiger partial charge in [-0.15, -0.1) is 0 Å².